The second kappa shape index (κ2) is 6.15. The molecule has 6 nitrogen and oxygen atoms in total. The van der Waals surface area contributed by atoms with Crippen molar-refractivity contribution in [2.45, 2.75) is 12.8 Å². The third-order valence-corrected chi connectivity index (χ3v) is 4.12. The maximum atomic E-state index is 12.2. The number of anilines is 1. The number of nitrogens with zero attached hydrogens (tertiary/aromatic N) is 3. The minimum atomic E-state index is -0.109. The van der Waals surface area contributed by atoms with Crippen molar-refractivity contribution in [1.29, 1.82) is 0 Å². The van der Waals surface area contributed by atoms with Gasteiger partial charge in [-0.3, -0.25) is 10.3 Å². The lowest BCUT2D eigenvalue weighted by molar-refractivity contribution is 0.0922. The monoisotopic (exact) mass is 292 g/mol. The zero-order valence-corrected chi connectivity index (χ0v) is 11.9. The number of fused-ring (bicyclic) bond motifs is 1. The number of pyridine rings is 1. The van der Waals surface area contributed by atoms with Gasteiger partial charge in [0.15, 0.2) is 5.13 Å². The molecule has 0 atom stereocenters. The highest BCUT2D eigenvalue weighted by molar-refractivity contribution is 7.22. The Hall–Kier alpha value is -1.73. The Morgan fingerprint density at radius 2 is 2.30 bits per heavy atom. The smallest absolute Gasteiger partial charge is 0.323 e. The topological polar surface area (TPSA) is 67.4 Å². The van der Waals surface area contributed by atoms with Gasteiger partial charge in [-0.25, -0.2) is 9.78 Å². The van der Waals surface area contributed by atoms with Gasteiger partial charge in [0.1, 0.15) is 5.52 Å². The number of amides is 2. The van der Waals surface area contributed by atoms with E-state index in [0.717, 1.165) is 36.2 Å². The Morgan fingerprint density at radius 3 is 3.20 bits per heavy atom. The van der Waals surface area contributed by atoms with Crippen LogP contribution in [0.25, 0.3) is 10.2 Å². The highest BCUT2D eigenvalue weighted by atomic mass is 32.1. The first-order chi connectivity index (χ1) is 9.83. The number of nitrogens with one attached hydrogen (secondary N) is 1. The lowest BCUT2D eigenvalue weighted by Crippen LogP contribution is -2.39. The maximum Gasteiger partial charge on any atom is 0.323 e. The molecule has 106 valence electrons. The lowest BCUT2D eigenvalue weighted by Gasteiger charge is -2.24. The van der Waals surface area contributed by atoms with Crippen molar-refractivity contribution in [3.05, 3.63) is 18.5 Å². The molecule has 1 aliphatic heterocycles. The quantitative estimate of drug-likeness (QED) is 0.876. The van der Waals surface area contributed by atoms with Crippen LogP contribution in [0.15, 0.2) is 18.5 Å². The van der Waals surface area contributed by atoms with Crippen LogP contribution in [0.1, 0.15) is 12.8 Å². The number of ether oxygens (including phenoxy) is 1. The fraction of sp³-hybridized carbons (Fsp3) is 0.462. The van der Waals surface area contributed by atoms with Crippen LogP contribution in [0.3, 0.4) is 0 Å². The van der Waals surface area contributed by atoms with Crippen molar-refractivity contribution < 1.29 is 9.53 Å². The zero-order chi connectivity index (χ0) is 13.8. The predicted molar refractivity (Wildman–Crippen MR) is 78.1 cm³/mol. The highest BCUT2D eigenvalue weighted by Gasteiger charge is 2.16. The fourth-order valence-electron chi connectivity index (χ4n) is 2.10. The van der Waals surface area contributed by atoms with Crippen LogP contribution >= 0.6 is 11.3 Å². The highest BCUT2D eigenvalue weighted by Crippen LogP contribution is 2.24. The summed E-state index contributed by atoms with van der Waals surface area (Å²) in [5, 5.41) is 3.47. The molecule has 7 heteroatoms. The Kier molecular flexibility index (Phi) is 4.08. The molecule has 0 spiro atoms. The Labute approximate surface area is 120 Å². The number of carbonyl (C=O) groups excluding carboxylic acids is 1. The van der Waals surface area contributed by atoms with Crippen molar-refractivity contribution >= 4 is 32.7 Å². The summed E-state index contributed by atoms with van der Waals surface area (Å²) < 4.78 is 6.43. The Balaban J connectivity index is 1.67. The number of hydrogen-bond donors (Lipinski definition) is 1. The Morgan fingerprint density at radius 1 is 1.35 bits per heavy atom. The first-order valence-electron chi connectivity index (χ1n) is 6.67. The summed E-state index contributed by atoms with van der Waals surface area (Å²) in [5.74, 6) is 0. The van der Waals surface area contributed by atoms with Crippen molar-refractivity contribution in [2.24, 2.45) is 0 Å². The first-order valence-corrected chi connectivity index (χ1v) is 7.49. The fourth-order valence-corrected chi connectivity index (χ4v) is 2.92. The predicted octanol–water partition coefficient (Wildman–Crippen LogP) is 2.34. The van der Waals surface area contributed by atoms with Crippen molar-refractivity contribution in [3.63, 3.8) is 0 Å². The molecule has 2 aromatic rings. The van der Waals surface area contributed by atoms with Crippen molar-refractivity contribution in [1.82, 2.24) is 14.9 Å². The molecule has 1 fully saturated rings. The summed E-state index contributed by atoms with van der Waals surface area (Å²) in [7, 11) is 0. The summed E-state index contributed by atoms with van der Waals surface area (Å²) in [4.78, 5) is 22.4. The van der Waals surface area contributed by atoms with Crippen LogP contribution in [0.2, 0.25) is 0 Å². The van der Waals surface area contributed by atoms with Gasteiger partial charge in [0.25, 0.3) is 0 Å². The number of carbonyl (C=O) groups is 1. The average Bonchev–Trinajstić information content (AvgIpc) is 2.80. The van der Waals surface area contributed by atoms with Gasteiger partial charge in [-0.15, -0.1) is 0 Å². The van der Waals surface area contributed by atoms with E-state index in [1.165, 1.54) is 11.3 Å². The van der Waals surface area contributed by atoms with E-state index in [1.54, 1.807) is 17.3 Å². The molecule has 1 N–H and O–H groups in total. The molecule has 20 heavy (non-hydrogen) atoms. The molecule has 3 heterocycles. The summed E-state index contributed by atoms with van der Waals surface area (Å²) in [6.07, 6.45) is 5.39. The van der Waals surface area contributed by atoms with Crippen LogP contribution in [-0.2, 0) is 4.74 Å². The van der Waals surface area contributed by atoms with Gasteiger partial charge in [-0.05, 0) is 18.9 Å². The number of urea groups is 1. The van der Waals surface area contributed by atoms with Crippen LogP contribution < -0.4 is 5.32 Å². The van der Waals surface area contributed by atoms with Crippen LogP contribution in [-0.4, -0.2) is 47.2 Å². The summed E-state index contributed by atoms with van der Waals surface area (Å²) >= 11 is 1.46. The standard InChI is InChI=1S/C13H16N4O2S/c18-13(17-5-1-2-7-19-8-6-17)16-12-15-10-9-14-4-3-11(10)20-12/h3-4,9H,1-2,5-8H2,(H,15,16,18). The second-order valence-corrected chi connectivity index (χ2v) is 5.63. The van der Waals surface area contributed by atoms with Gasteiger partial charge in [-0.1, -0.05) is 11.3 Å². The minimum Gasteiger partial charge on any atom is -0.380 e. The van der Waals surface area contributed by atoms with E-state index in [1.807, 2.05) is 6.07 Å². The van der Waals surface area contributed by atoms with Gasteiger partial charge < -0.3 is 9.64 Å². The summed E-state index contributed by atoms with van der Waals surface area (Å²) in [5.41, 5.74) is 0.809. The van der Waals surface area contributed by atoms with E-state index in [4.69, 9.17) is 4.74 Å². The molecule has 2 amide bonds. The van der Waals surface area contributed by atoms with E-state index in [9.17, 15) is 4.79 Å². The van der Waals surface area contributed by atoms with Gasteiger partial charge in [0.05, 0.1) is 17.5 Å². The molecule has 0 unspecified atom stereocenters. The molecule has 0 aromatic carbocycles. The lowest BCUT2D eigenvalue weighted by atomic mass is 10.3. The molecule has 0 bridgehead atoms. The molecule has 0 radical (unpaired) electrons. The molecule has 1 aliphatic rings. The molecule has 1 saturated heterocycles. The molecule has 0 aliphatic carbocycles. The van der Waals surface area contributed by atoms with Gasteiger partial charge >= 0.3 is 6.03 Å². The molecule has 2 aromatic heterocycles. The van der Waals surface area contributed by atoms with Crippen LogP contribution in [0.4, 0.5) is 9.93 Å². The molecule has 0 saturated carbocycles. The van der Waals surface area contributed by atoms with Crippen molar-refractivity contribution in [3.8, 4) is 0 Å². The Bertz CT molecular complexity index is 560. The minimum absolute atomic E-state index is 0.109. The van der Waals surface area contributed by atoms with Gasteiger partial charge in [-0.2, -0.15) is 0 Å². The average molecular weight is 292 g/mol. The van der Waals surface area contributed by atoms with Crippen LogP contribution in [0.5, 0.6) is 0 Å². The van der Waals surface area contributed by atoms with Gasteiger partial charge in [0, 0.05) is 25.9 Å². The normalized spacial score (nSPS) is 16.7. The molecular formula is C13H16N4O2S. The number of hydrogen-bond acceptors (Lipinski definition) is 5. The molecular weight excluding hydrogens is 276 g/mol. The third kappa shape index (κ3) is 3.05. The first kappa shape index (κ1) is 13.3. The SMILES string of the molecule is O=C(Nc1nc2cnccc2s1)N1CCCCOCC1. The number of thiazole rings is 1. The van der Waals surface area contributed by atoms with E-state index in [-0.39, 0.29) is 6.03 Å². The summed E-state index contributed by atoms with van der Waals surface area (Å²) in [6.45, 7) is 2.78. The van der Waals surface area contributed by atoms with E-state index in [2.05, 4.69) is 15.3 Å². The van der Waals surface area contributed by atoms with Crippen molar-refractivity contribution in [2.75, 3.05) is 31.6 Å². The van der Waals surface area contributed by atoms with E-state index >= 15 is 0 Å². The van der Waals surface area contributed by atoms with Gasteiger partial charge in [0.2, 0.25) is 0 Å². The van der Waals surface area contributed by atoms with Crippen LogP contribution in [0, 0.1) is 0 Å². The van der Waals surface area contributed by atoms with E-state index in [0.29, 0.717) is 18.3 Å². The largest absolute Gasteiger partial charge is 0.380 e. The maximum absolute atomic E-state index is 12.2. The summed E-state index contributed by atoms with van der Waals surface area (Å²) in [6, 6.07) is 1.79. The molecule has 3 rings (SSSR count). The third-order valence-electron chi connectivity index (χ3n) is 3.16. The number of aromatic nitrogens is 2. The zero-order valence-electron chi connectivity index (χ0n) is 11.0. The number of rotatable bonds is 1. The second-order valence-electron chi connectivity index (χ2n) is 4.60. The van der Waals surface area contributed by atoms with E-state index < -0.39 is 0 Å².